The van der Waals surface area contributed by atoms with Gasteiger partial charge >= 0.3 is 19.3 Å². The standard InChI is InChI=1S/C16H12BN3O3.C2HF3O2/c18-9-13-12(10-3-5-11(6-4-10)17(21)22)8-14(20-16(13)19)15-2-1-7-23-15;3-2(4,5)1(6)7/h1-8,21-22H,(H2,19,20);(H,6,7). The van der Waals surface area contributed by atoms with Crippen LogP contribution >= 0.6 is 0 Å². The molecule has 3 rings (SSSR count). The van der Waals surface area contributed by atoms with E-state index in [2.05, 4.69) is 11.1 Å². The first-order valence-electron chi connectivity index (χ1n) is 8.05. The molecule has 0 aliphatic rings. The Bertz CT molecular complexity index is 1060. The van der Waals surface area contributed by atoms with E-state index in [1.54, 1.807) is 42.5 Å². The Morgan fingerprint density at radius 1 is 1.20 bits per heavy atom. The van der Waals surface area contributed by atoms with Gasteiger partial charge in [-0.2, -0.15) is 18.4 Å². The molecular formula is C18H13BF3N3O5. The number of carboxylic acid groups (broad SMARTS) is 1. The molecule has 0 fully saturated rings. The predicted molar refractivity (Wildman–Crippen MR) is 100 cm³/mol. The van der Waals surface area contributed by atoms with Crippen molar-refractivity contribution in [2.45, 2.75) is 6.18 Å². The van der Waals surface area contributed by atoms with Crippen molar-refractivity contribution in [3.8, 4) is 28.7 Å². The van der Waals surface area contributed by atoms with Crippen molar-refractivity contribution in [3.05, 3.63) is 54.3 Å². The summed E-state index contributed by atoms with van der Waals surface area (Å²) in [4.78, 5) is 13.1. The molecule has 154 valence electrons. The zero-order valence-electron chi connectivity index (χ0n) is 15.0. The van der Waals surface area contributed by atoms with Crippen LogP contribution in [0.2, 0.25) is 0 Å². The van der Waals surface area contributed by atoms with Gasteiger partial charge in [-0.1, -0.05) is 24.3 Å². The Morgan fingerprint density at radius 2 is 1.80 bits per heavy atom. The average molecular weight is 419 g/mol. The van der Waals surface area contributed by atoms with E-state index in [4.69, 9.17) is 30.1 Å². The first-order chi connectivity index (χ1) is 14.0. The second kappa shape index (κ2) is 9.12. The number of nitrogens with zero attached hydrogens (tertiary/aromatic N) is 2. The van der Waals surface area contributed by atoms with Gasteiger partial charge in [-0.05, 0) is 29.2 Å². The number of halogens is 3. The number of rotatable bonds is 3. The maximum atomic E-state index is 10.6. The predicted octanol–water partition coefficient (Wildman–Crippen LogP) is 1.78. The highest BCUT2D eigenvalue weighted by Gasteiger charge is 2.38. The molecule has 0 saturated heterocycles. The summed E-state index contributed by atoms with van der Waals surface area (Å²) in [6.07, 6.45) is -3.55. The number of furan rings is 1. The van der Waals surface area contributed by atoms with Gasteiger partial charge in [-0.15, -0.1) is 0 Å². The molecule has 0 radical (unpaired) electrons. The molecular weight excluding hydrogens is 406 g/mol. The van der Waals surface area contributed by atoms with E-state index < -0.39 is 19.3 Å². The Labute approximate surface area is 167 Å². The SMILES string of the molecule is N#Cc1c(-c2ccc(B(O)O)cc2)cc(-c2ccco2)nc1N.O=C(O)C(F)(F)F. The number of nitriles is 1. The van der Waals surface area contributed by atoms with Crippen LogP contribution in [0.3, 0.4) is 0 Å². The number of nitrogen functional groups attached to an aromatic ring is 1. The monoisotopic (exact) mass is 419 g/mol. The number of hydrogen-bond donors (Lipinski definition) is 4. The summed E-state index contributed by atoms with van der Waals surface area (Å²) in [6, 6.07) is 13.8. The Kier molecular flexibility index (Phi) is 6.83. The van der Waals surface area contributed by atoms with Gasteiger partial charge in [-0.3, -0.25) is 0 Å². The first-order valence-corrected chi connectivity index (χ1v) is 8.05. The molecule has 2 heterocycles. The fourth-order valence-electron chi connectivity index (χ4n) is 2.30. The maximum absolute atomic E-state index is 10.6. The minimum Gasteiger partial charge on any atom is -0.475 e. The summed E-state index contributed by atoms with van der Waals surface area (Å²) in [5.41, 5.74) is 8.36. The van der Waals surface area contributed by atoms with Crippen molar-refractivity contribution in [1.82, 2.24) is 4.98 Å². The second-order valence-electron chi connectivity index (χ2n) is 5.70. The van der Waals surface area contributed by atoms with Crippen LogP contribution in [0, 0.1) is 11.3 Å². The maximum Gasteiger partial charge on any atom is 0.490 e. The molecule has 5 N–H and O–H groups in total. The number of pyridine rings is 1. The molecule has 2 aromatic heterocycles. The van der Waals surface area contributed by atoms with Crippen LogP contribution in [0.5, 0.6) is 0 Å². The Hall–Kier alpha value is -3.82. The van der Waals surface area contributed by atoms with Gasteiger partial charge in [0.05, 0.1) is 6.26 Å². The number of carbonyl (C=O) groups is 1. The van der Waals surface area contributed by atoms with E-state index in [1.165, 1.54) is 6.26 Å². The van der Waals surface area contributed by atoms with Crippen molar-refractivity contribution in [2.75, 3.05) is 5.73 Å². The fourth-order valence-corrected chi connectivity index (χ4v) is 2.30. The van der Waals surface area contributed by atoms with Crippen molar-refractivity contribution < 1.29 is 37.5 Å². The highest BCUT2D eigenvalue weighted by Crippen LogP contribution is 2.31. The minimum atomic E-state index is -5.08. The summed E-state index contributed by atoms with van der Waals surface area (Å²) in [6.45, 7) is 0. The summed E-state index contributed by atoms with van der Waals surface area (Å²) in [5, 5.41) is 34.8. The molecule has 0 aliphatic carbocycles. The third kappa shape index (κ3) is 5.37. The lowest BCUT2D eigenvalue weighted by Crippen LogP contribution is -2.29. The van der Waals surface area contributed by atoms with Crippen LogP contribution in [0.15, 0.2) is 53.1 Å². The number of carboxylic acids is 1. The number of anilines is 1. The molecule has 0 atom stereocenters. The largest absolute Gasteiger partial charge is 0.490 e. The number of nitrogens with two attached hydrogens (primary N) is 1. The van der Waals surface area contributed by atoms with Crippen molar-refractivity contribution in [1.29, 1.82) is 5.26 Å². The zero-order chi connectivity index (χ0) is 22.5. The van der Waals surface area contributed by atoms with Gasteiger partial charge in [0, 0.05) is 5.56 Å². The van der Waals surface area contributed by atoms with Crippen LogP contribution in [0.1, 0.15) is 5.56 Å². The topological polar surface area (TPSA) is 154 Å². The summed E-state index contributed by atoms with van der Waals surface area (Å²) >= 11 is 0. The lowest BCUT2D eigenvalue weighted by atomic mass is 9.79. The number of benzene rings is 1. The van der Waals surface area contributed by atoms with Crippen LogP contribution < -0.4 is 11.2 Å². The molecule has 30 heavy (non-hydrogen) atoms. The van der Waals surface area contributed by atoms with E-state index in [0.717, 1.165) is 0 Å². The van der Waals surface area contributed by atoms with E-state index in [-0.39, 0.29) is 11.4 Å². The van der Waals surface area contributed by atoms with Crippen molar-refractivity contribution in [2.24, 2.45) is 0 Å². The molecule has 0 amide bonds. The van der Waals surface area contributed by atoms with E-state index in [0.29, 0.717) is 28.0 Å². The third-order valence-electron chi connectivity index (χ3n) is 3.70. The molecule has 0 spiro atoms. The lowest BCUT2D eigenvalue weighted by molar-refractivity contribution is -0.192. The van der Waals surface area contributed by atoms with Crippen LogP contribution in [-0.4, -0.2) is 39.4 Å². The normalized spacial score (nSPS) is 10.5. The minimum absolute atomic E-state index is 0.114. The average Bonchev–Trinajstić information content (AvgIpc) is 3.22. The lowest BCUT2D eigenvalue weighted by Gasteiger charge is -2.09. The number of alkyl halides is 3. The second-order valence-corrected chi connectivity index (χ2v) is 5.70. The summed E-state index contributed by atoms with van der Waals surface area (Å²) < 4.78 is 37.1. The molecule has 8 nitrogen and oxygen atoms in total. The fraction of sp³-hybridized carbons (Fsp3) is 0.0556. The van der Waals surface area contributed by atoms with Crippen molar-refractivity contribution in [3.63, 3.8) is 0 Å². The smallest absolute Gasteiger partial charge is 0.475 e. The number of aromatic nitrogens is 1. The van der Waals surface area contributed by atoms with Gasteiger partial charge in [0.2, 0.25) is 0 Å². The molecule has 0 unspecified atom stereocenters. The highest BCUT2D eigenvalue weighted by molar-refractivity contribution is 6.58. The quantitative estimate of drug-likeness (QED) is 0.469. The van der Waals surface area contributed by atoms with Gasteiger partial charge < -0.3 is 25.3 Å². The Morgan fingerprint density at radius 3 is 2.23 bits per heavy atom. The van der Waals surface area contributed by atoms with Crippen molar-refractivity contribution >= 4 is 24.4 Å². The van der Waals surface area contributed by atoms with Crippen LogP contribution in [0.4, 0.5) is 19.0 Å². The summed E-state index contributed by atoms with van der Waals surface area (Å²) in [5.74, 6) is -2.10. The molecule has 12 heteroatoms. The Balaban J connectivity index is 0.000000396. The highest BCUT2D eigenvalue weighted by atomic mass is 19.4. The molecule has 0 bridgehead atoms. The van der Waals surface area contributed by atoms with Crippen LogP contribution in [0.25, 0.3) is 22.6 Å². The molecule has 1 aromatic carbocycles. The van der Waals surface area contributed by atoms with E-state index >= 15 is 0 Å². The van der Waals surface area contributed by atoms with Gasteiger partial charge in [0.15, 0.2) is 5.76 Å². The van der Waals surface area contributed by atoms with Crippen LogP contribution in [-0.2, 0) is 4.79 Å². The molecule has 3 aromatic rings. The number of hydrogen-bond acceptors (Lipinski definition) is 7. The first kappa shape index (κ1) is 22.5. The zero-order valence-corrected chi connectivity index (χ0v) is 15.0. The van der Waals surface area contributed by atoms with Gasteiger partial charge in [0.25, 0.3) is 0 Å². The van der Waals surface area contributed by atoms with Gasteiger partial charge in [0.1, 0.15) is 23.1 Å². The molecule has 0 saturated carbocycles. The number of aliphatic carboxylic acids is 1. The molecule has 0 aliphatic heterocycles. The van der Waals surface area contributed by atoms with E-state index in [1.807, 2.05) is 0 Å². The third-order valence-corrected chi connectivity index (χ3v) is 3.70. The summed E-state index contributed by atoms with van der Waals surface area (Å²) in [7, 11) is -1.54. The van der Waals surface area contributed by atoms with E-state index in [9.17, 15) is 18.4 Å². The van der Waals surface area contributed by atoms with Gasteiger partial charge in [-0.25, -0.2) is 9.78 Å².